The van der Waals surface area contributed by atoms with Crippen molar-refractivity contribution in [3.63, 3.8) is 0 Å². The van der Waals surface area contributed by atoms with Crippen LogP contribution in [0.1, 0.15) is 27.7 Å². The van der Waals surface area contributed by atoms with Crippen LogP contribution in [0.25, 0.3) is 0 Å². The van der Waals surface area contributed by atoms with Gasteiger partial charge in [0.25, 0.3) is 0 Å². The Morgan fingerprint density at radius 2 is 1.79 bits per heavy atom. The molecule has 132 valence electrons. The number of carbonyl (C=O) groups excluding carboxylic acids is 2. The number of aliphatic carboxylic acids is 1. The lowest BCUT2D eigenvalue weighted by Gasteiger charge is -2.21. The molecule has 0 aliphatic rings. The zero-order valence-corrected chi connectivity index (χ0v) is 14.9. The molecular weight excluding hydrogens is 332 g/mol. The maximum atomic E-state index is 11.7. The molecular formula is C16H22N2O5S. The molecule has 0 fully saturated rings. The Bertz CT molecular complexity index is 595. The summed E-state index contributed by atoms with van der Waals surface area (Å²) in [4.78, 5) is 34.7. The summed E-state index contributed by atoms with van der Waals surface area (Å²) >= 11 is 1.28. The van der Waals surface area contributed by atoms with Crippen molar-refractivity contribution in [2.45, 2.75) is 44.2 Å². The number of carbonyl (C=O) groups is 3. The van der Waals surface area contributed by atoms with E-state index in [0.717, 1.165) is 4.90 Å². The molecule has 7 nitrogen and oxygen atoms in total. The van der Waals surface area contributed by atoms with Crippen LogP contribution in [-0.4, -0.2) is 40.5 Å². The second-order valence-corrected chi connectivity index (χ2v) is 7.15. The van der Waals surface area contributed by atoms with Gasteiger partial charge in [0.15, 0.2) is 0 Å². The van der Waals surface area contributed by atoms with Crippen LogP contribution >= 0.6 is 11.8 Å². The molecule has 2 amide bonds. The zero-order chi connectivity index (χ0) is 18.3. The highest BCUT2D eigenvalue weighted by Crippen LogP contribution is 2.21. The summed E-state index contributed by atoms with van der Waals surface area (Å²) < 4.78 is 5.06. The van der Waals surface area contributed by atoms with Crippen molar-refractivity contribution in [3.05, 3.63) is 24.3 Å². The molecule has 0 saturated carbocycles. The Hall–Kier alpha value is -2.22. The van der Waals surface area contributed by atoms with E-state index in [1.54, 1.807) is 45.0 Å². The number of benzene rings is 1. The minimum absolute atomic E-state index is 0.147. The number of carboxylic acids is 1. The SMILES string of the molecule is CC(=O)Nc1ccc(SC[C@H](NC(=O)OC(C)(C)C)C(=O)O)cc1. The first kappa shape index (κ1) is 19.8. The van der Waals surface area contributed by atoms with Crippen LogP contribution in [0, 0.1) is 0 Å². The van der Waals surface area contributed by atoms with Gasteiger partial charge in [0, 0.05) is 23.3 Å². The molecule has 0 saturated heterocycles. The number of ether oxygens (including phenoxy) is 1. The first-order chi connectivity index (χ1) is 11.1. The fourth-order valence-electron chi connectivity index (χ4n) is 1.64. The first-order valence-electron chi connectivity index (χ1n) is 7.29. The number of amides is 2. The summed E-state index contributed by atoms with van der Waals surface area (Å²) in [7, 11) is 0. The second kappa shape index (κ2) is 8.58. The maximum Gasteiger partial charge on any atom is 0.408 e. The highest BCUT2D eigenvalue weighted by atomic mass is 32.2. The van der Waals surface area contributed by atoms with Crippen LogP contribution in [0.15, 0.2) is 29.2 Å². The standard InChI is InChI=1S/C16H22N2O5S/c1-10(19)17-11-5-7-12(8-6-11)24-9-13(14(20)21)18-15(22)23-16(2,3)4/h5-8,13H,9H2,1-4H3,(H,17,19)(H,18,22)(H,20,21)/t13-/m0/s1. The van der Waals surface area contributed by atoms with E-state index in [1.807, 2.05) is 0 Å². The van der Waals surface area contributed by atoms with E-state index in [9.17, 15) is 19.5 Å². The molecule has 0 spiro atoms. The highest BCUT2D eigenvalue weighted by Gasteiger charge is 2.24. The Labute approximate surface area is 145 Å². The van der Waals surface area contributed by atoms with Crippen molar-refractivity contribution in [1.29, 1.82) is 0 Å². The Balaban J connectivity index is 2.59. The number of thioether (sulfide) groups is 1. The lowest BCUT2D eigenvalue weighted by atomic mass is 10.2. The zero-order valence-electron chi connectivity index (χ0n) is 14.1. The third-order valence-corrected chi connectivity index (χ3v) is 3.69. The molecule has 1 rings (SSSR count). The van der Waals surface area contributed by atoms with E-state index in [1.165, 1.54) is 18.7 Å². The van der Waals surface area contributed by atoms with Crippen molar-refractivity contribution in [1.82, 2.24) is 5.32 Å². The van der Waals surface area contributed by atoms with Crippen LogP contribution in [0.2, 0.25) is 0 Å². The monoisotopic (exact) mass is 354 g/mol. The lowest BCUT2D eigenvalue weighted by molar-refractivity contribution is -0.138. The van der Waals surface area contributed by atoms with Gasteiger partial charge in [-0.1, -0.05) is 0 Å². The summed E-state index contributed by atoms with van der Waals surface area (Å²) in [5, 5.41) is 14.2. The number of hydrogen-bond acceptors (Lipinski definition) is 5. The molecule has 1 atom stereocenters. The number of anilines is 1. The van der Waals surface area contributed by atoms with Crippen LogP contribution in [0.4, 0.5) is 10.5 Å². The maximum absolute atomic E-state index is 11.7. The van der Waals surface area contributed by atoms with Crippen molar-refractivity contribution in [2.75, 3.05) is 11.1 Å². The average molecular weight is 354 g/mol. The first-order valence-corrected chi connectivity index (χ1v) is 8.28. The smallest absolute Gasteiger partial charge is 0.408 e. The molecule has 1 aromatic carbocycles. The molecule has 0 heterocycles. The number of rotatable bonds is 6. The molecule has 0 aliphatic carbocycles. The molecule has 0 aliphatic heterocycles. The molecule has 0 aromatic heterocycles. The fraction of sp³-hybridized carbons (Fsp3) is 0.438. The summed E-state index contributed by atoms with van der Waals surface area (Å²) in [5.74, 6) is -1.15. The molecule has 0 unspecified atom stereocenters. The summed E-state index contributed by atoms with van der Waals surface area (Å²) in [5.41, 5.74) is -0.0340. The van der Waals surface area contributed by atoms with Gasteiger partial charge in [-0.3, -0.25) is 4.79 Å². The van der Waals surface area contributed by atoms with Gasteiger partial charge in [0.05, 0.1) is 0 Å². The van der Waals surface area contributed by atoms with Crippen molar-refractivity contribution in [3.8, 4) is 0 Å². The normalized spacial score (nSPS) is 12.2. The summed E-state index contributed by atoms with van der Waals surface area (Å²) in [6.07, 6.45) is -0.767. The van der Waals surface area contributed by atoms with Crippen LogP contribution in [-0.2, 0) is 14.3 Å². The third kappa shape index (κ3) is 7.87. The number of alkyl carbamates (subject to hydrolysis) is 1. The van der Waals surface area contributed by atoms with Gasteiger partial charge in [-0.25, -0.2) is 9.59 Å². The molecule has 24 heavy (non-hydrogen) atoms. The highest BCUT2D eigenvalue weighted by molar-refractivity contribution is 7.99. The van der Waals surface area contributed by atoms with E-state index in [0.29, 0.717) is 5.69 Å². The molecule has 0 radical (unpaired) electrons. The Kier molecular flexibility index (Phi) is 7.09. The van der Waals surface area contributed by atoms with Crippen LogP contribution in [0.3, 0.4) is 0 Å². The van der Waals surface area contributed by atoms with E-state index in [4.69, 9.17) is 4.74 Å². The lowest BCUT2D eigenvalue weighted by Crippen LogP contribution is -2.44. The topological polar surface area (TPSA) is 105 Å². The van der Waals surface area contributed by atoms with E-state index in [2.05, 4.69) is 10.6 Å². The minimum atomic E-state index is -1.14. The van der Waals surface area contributed by atoms with Crippen molar-refractivity contribution >= 4 is 35.4 Å². The van der Waals surface area contributed by atoms with Gasteiger partial charge in [-0.15, -0.1) is 11.8 Å². The summed E-state index contributed by atoms with van der Waals surface area (Å²) in [6.45, 7) is 6.53. The number of carboxylic acid groups (broad SMARTS) is 1. The quantitative estimate of drug-likeness (QED) is 0.679. The molecule has 0 bridgehead atoms. The second-order valence-electron chi connectivity index (χ2n) is 6.05. The van der Waals surface area contributed by atoms with Gasteiger partial charge in [-0.2, -0.15) is 0 Å². The van der Waals surface area contributed by atoms with Gasteiger partial charge < -0.3 is 20.5 Å². The number of hydrogen-bond donors (Lipinski definition) is 3. The average Bonchev–Trinajstić information content (AvgIpc) is 2.42. The van der Waals surface area contributed by atoms with Crippen molar-refractivity contribution in [2.24, 2.45) is 0 Å². The third-order valence-electron chi connectivity index (χ3n) is 2.58. The van der Waals surface area contributed by atoms with Gasteiger partial charge in [0.2, 0.25) is 5.91 Å². The van der Waals surface area contributed by atoms with E-state index >= 15 is 0 Å². The Morgan fingerprint density at radius 3 is 2.25 bits per heavy atom. The summed E-state index contributed by atoms with van der Waals surface area (Å²) in [6, 6.07) is 5.91. The molecule has 8 heteroatoms. The van der Waals surface area contributed by atoms with Crippen LogP contribution in [0.5, 0.6) is 0 Å². The predicted molar refractivity (Wildman–Crippen MR) is 92.3 cm³/mol. The predicted octanol–water partition coefficient (Wildman–Crippen LogP) is 2.71. The van der Waals surface area contributed by atoms with Gasteiger partial charge in [-0.05, 0) is 45.0 Å². The van der Waals surface area contributed by atoms with Gasteiger partial charge >= 0.3 is 12.1 Å². The van der Waals surface area contributed by atoms with Crippen molar-refractivity contribution < 1.29 is 24.2 Å². The van der Waals surface area contributed by atoms with Crippen LogP contribution < -0.4 is 10.6 Å². The molecule has 1 aromatic rings. The van der Waals surface area contributed by atoms with Gasteiger partial charge in [0.1, 0.15) is 11.6 Å². The largest absolute Gasteiger partial charge is 0.480 e. The van der Waals surface area contributed by atoms with E-state index < -0.39 is 23.7 Å². The number of nitrogens with one attached hydrogen (secondary N) is 2. The minimum Gasteiger partial charge on any atom is -0.480 e. The Morgan fingerprint density at radius 1 is 1.21 bits per heavy atom. The fourth-order valence-corrected chi connectivity index (χ4v) is 2.56. The van der Waals surface area contributed by atoms with E-state index in [-0.39, 0.29) is 11.7 Å². The molecule has 3 N–H and O–H groups in total.